The molecule has 2 atom stereocenters. The minimum atomic E-state index is -0.994. The molecule has 0 saturated heterocycles. The van der Waals surface area contributed by atoms with Gasteiger partial charge in [0.25, 0.3) is 5.91 Å². The van der Waals surface area contributed by atoms with E-state index < -0.39 is 17.8 Å². The van der Waals surface area contributed by atoms with Gasteiger partial charge in [-0.25, -0.2) is 0 Å². The van der Waals surface area contributed by atoms with E-state index in [1.54, 1.807) is 24.3 Å². The number of carboxylic acid groups (broad SMARTS) is 1. The van der Waals surface area contributed by atoms with Crippen molar-refractivity contribution >= 4 is 23.4 Å². The topological polar surface area (TPSA) is 101 Å². The predicted molar refractivity (Wildman–Crippen MR) is 157 cm³/mol. The molecule has 0 heterocycles. The summed E-state index contributed by atoms with van der Waals surface area (Å²) in [5, 5.41) is 11.4. The highest BCUT2D eigenvalue weighted by molar-refractivity contribution is 6.06. The van der Waals surface area contributed by atoms with Gasteiger partial charge in [0.1, 0.15) is 0 Å². The number of benzene rings is 3. The quantitative estimate of drug-likeness (QED) is 0.242. The molecule has 2 N–H and O–H groups in total. The molecule has 1 amide bonds. The standard InChI is InChI=1S/C34H39NO5/c1-6-22(2)23-7-11-25(12-8-23)30(36)21-29(32(39)26-15-17-28(18-16-26)34(3,4)5)24-9-13-27(14-10-24)33(40)35-20-19-31(37)38/h7-18,22,29H,6,19-21H2,1-5H3,(H,35,40)(H,37,38). The fourth-order valence-corrected chi connectivity index (χ4v) is 4.49. The Labute approximate surface area is 236 Å². The maximum atomic E-state index is 13.8. The second-order valence-corrected chi connectivity index (χ2v) is 11.3. The van der Waals surface area contributed by atoms with Crippen molar-refractivity contribution in [2.45, 2.75) is 71.1 Å². The number of rotatable bonds is 12. The highest BCUT2D eigenvalue weighted by atomic mass is 16.4. The number of aliphatic carboxylic acids is 1. The second-order valence-electron chi connectivity index (χ2n) is 11.3. The first-order valence-electron chi connectivity index (χ1n) is 13.8. The number of amides is 1. The third-order valence-corrected chi connectivity index (χ3v) is 7.36. The molecule has 0 aliphatic rings. The van der Waals surface area contributed by atoms with Crippen molar-refractivity contribution in [1.82, 2.24) is 5.32 Å². The average Bonchev–Trinajstić information content (AvgIpc) is 2.94. The van der Waals surface area contributed by atoms with Crippen LogP contribution in [0.1, 0.15) is 113 Å². The van der Waals surface area contributed by atoms with E-state index >= 15 is 0 Å². The molecule has 0 fully saturated rings. The van der Waals surface area contributed by atoms with Crippen LogP contribution in [0.15, 0.2) is 72.8 Å². The molecule has 0 aliphatic carbocycles. The third kappa shape index (κ3) is 7.98. The molecule has 0 aromatic heterocycles. The number of nitrogens with one attached hydrogen (secondary N) is 1. The van der Waals surface area contributed by atoms with Crippen LogP contribution in [0.3, 0.4) is 0 Å². The number of hydrogen-bond donors (Lipinski definition) is 2. The van der Waals surface area contributed by atoms with Crippen molar-refractivity contribution < 1.29 is 24.3 Å². The maximum Gasteiger partial charge on any atom is 0.305 e. The maximum absolute atomic E-state index is 13.8. The van der Waals surface area contributed by atoms with Gasteiger partial charge in [-0.15, -0.1) is 0 Å². The lowest BCUT2D eigenvalue weighted by Gasteiger charge is -2.20. The number of ketones is 2. The lowest BCUT2D eigenvalue weighted by atomic mass is 9.83. The monoisotopic (exact) mass is 541 g/mol. The van der Waals surface area contributed by atoms with Crippen molar-refractivity contribution in [2.75, 3.05) is 6.54 Å². The van der Waals surface area contributed by atoms with Gasteiger partial charge in [0, 0.05) is 29.7 Å². The van der Waals surface area contributed by atoms with Crippen LogP contribution in [0.5, 0.6) is 0 Å². The molecule has 40 heavy (non-hydrogen) atoms. The summed E-state index contributed by atoms with van der Waals surface area (Å²) in [5.41, 5.74) is 4.28. The average molecular weight is 542 g/mol. The first kappa shape index (κ1) is 30.5. The molecule has 0 radical (unpaired) electrons. The summed E-state index contributed by atoms with van der Waals surface area (Å²) in [6.07, 6.45) is 0.826. The van der Waals surface area contributed by atoms with Crippen molar-refractivity contribution in [3.63, 3.8) is 0 Å². The van der Waals surface area contributed by atoms with Gasteiger partial charge in [-0.05, 0) is 46.6 Å². The second kappa shape index (κ2) is 13.3. The Kier molecular flexibility index (Phi) is 10.2. The van der Waals surface area contributed by atoms with Crippen LogP contribution < -0.4 is 5.32 Å². The number of carboxylic acids is 1. The van der Waals surface area contributed by atoms with Gasteiger partial charge in [-0.2, -0.15) is 0 Å². The zero-order valence-corrected chi connectivity index (χ0v) is 24.0. The van der Waals surface area contributed by atoms with E-state index in [0.29, 0.717) is 28.2 Å². The predicted octanol–water partition coefficient (Wildman–Crippen LogP) is 6.94. The summed E-state index contributed by atoms with van der Waals surface area (Å²) >= 11 is 0. The molecule has 6 heteroatoms. The summed E-state index contributed by atoms with van der Waals surface area (Å²) in [7, 11) is 0. The van der Waals surface area contributed by atoms with E-state index in [2.05, 4.69) is 39.9 Å². The first-order valence-corrected chi connectivity index (χ1v) is 13.8. The van der Waals surface area contributed by atoms with Crippen LogP contribution in [0.4, 0.5) is 0 Å². The number of carbonyl (C=O) groups excluding carboxylic acids is 3. The van der Waals surface area contributed by atoms with Crippen LogP contribution in [-0.2, 0) is 10.2 Å². The first-order chi connectivity index (χ1) is 18.9. The Bertz CT molecular complexity index is 1330. The van der Waals surface area contributed by atoms with E-state index in [-0.39, 0.29) is 36.4 Å². The van der Waals surface area contributed by atoms with Gasteiger partial charge >= 0.3 is 5.97 Å². The van der Waals surface area contributed by atoms with Gasteiger partial charge in [0.15, 0.2) is 11.6 Å². The normalized spacial score (nSPS) is 12.8. The number of hydrogen-bond acceptors (Lipinski definition) is 4. The Hall–Kier alpha value is -4.06. The van der Waals surface area contributed by atoms with Crippen molar-refractivity contribution in [3.05, 3.63) is 106 Å². The molecule has 0 spiro atoms. The Morgan fingerprint density at radius 2 is 1.30 bits per heavy atom. The Morgan fingerprint density at radius 1 is 0.775 bits per heavy atom. The molecule has 0 saturated carbocycles. The van der Waals surface area contributed by atoms with Crippen molar-refractivity contribution in [1.29, 1.82) is 0 Å². The van der Waals surface area contributed by atoms with Gasteiger partial charge in [0.2, 0.25) is 0 Å². The molecule has 6 nitrogen and oxygen atoms in total. The number of carbonyl (C=O) groups is 4. The molecule has 0 aliphatic heterocycles. The lowest BCUT2D eigenvalue weighted by molar-refractivity contribution is -0.136. The molecule has 210 valence electrons. The summed E-state index contributed by atoms with van der Waals surface area (Å²) in [6.45, 7) is 10.6. The summed E-state index contributed by atoms with van der Waals surface area (Å²) in [5.74, 6) is -2.02. The van der Waals surface area contributed by atoms with Crippen molar-refractivity contribution in [3.8, 4) is 0 Å². The molecule has 3 rings (SSSR count). The third-order valence-electron chi connectivity index (χ3n) is 7.36. The van der Waals surface area contributed by atoms with Crippen LogP contribution in [0.2, 0.25) is 0 Å². The van der Waals surface area contributed by atoms with Crippen LogP contribution in [0.25, 0.3) is 0 Å². The number of Topliss-reactive ketones (excluding diaryl/α,β-unsaturated/α-hetero) is 2. The minimum absolute atomic E-state index is 0.00725. The van der Waals surface area contributed by atoms with E-state index in [4.69, 9.17) is 5.11 Å². The largest absolute Gasteiger partial charge is 0.481 e. The summed E-state index contributed by atoms with van der Waals surface area (Å²) in [4.78, 5) is 50.3. The zero-order chi connectivity index (χ0) is 29.4. The summed E-state index contributed by atoms with van der Waals surface area (Å²) in [6, 6.07) is 21.7. The molecule has 3 aromatic carbocycles. The Morgan fingerprint density at radius 3 is 1.82 bits per heavy atom. The van der Waals surface area contributed by atoms with E-state index in [1.807, 2.05) is 48.5 Å². The zero-order valence-electron chi connectivity index (χ0n) is 24.0. The van der Waals surface area contributed by atoms with Crippen LogP contribution in [0, 0.1) is 0 Å². The molecular formula is C34H39NO5. The van der Waals surface area contributed by atoms with Crippen molar-refractivity contribution in [2.24, 2.45) is 0 Å². The van der Waals surface area contributed by atoms with Crippen LogP contribution in [-0.4, -0.2) is 35.1 Å². The van der Waals surface area contributed by atoms with Gasteiger partial charge in [-0.1, -0.05) is 95.3 Å². The fourth-order valence-electron chi connectivity index (χ4n) is 4.49. The van der Waals surface area contributed by atoms with Gasteiger partial charge in [-0.3, -0.25) is 19.2 Å². The Balaban J connectivity index is 1.88. The highest BCUT2D eigenvalue weighted by Gasteiger charge is 2.26. The van der Waals surface area contributed by atoms with E-state index in [0.717, 1.165) is 12.0 Å². The highest BCUT2D eigenvalue weighted by Crippen LogP contribution is 2.29. The van der Waals surface area contributed by atoms with Gasteiger partial charge in [0.05, 0.1) is 12.3 Å². The minimum Gasteiger partial charge on any atom is -0.481 e. The fraction of sp³-hybridized carbons (Fsp3) is 0.353. The van der Waals surface area contributed by atoms with Crippen LogP contribution >= 0.6 is 0 Å². The SMILES string of the molecule is CCC(C)c1ccc(C(=O)CC(C(=O)c2ccc(C(C)(C)C)cc2)c2ccc(C(=O)NCCC(=O)O)cc2)cc1. The smallest absolute Gasteiger partial charge is 0.305 e. The summed E-state index contributed by atoms with van der Waals surface area (Å²) < 4.78 is 0. The molecule has 3 aromatic rings. The molecule has 2 unspecified atom stereocenters. The van der Waals surface area contributed by atoms with E-state index in [9.17, 15) is 19.2 Å². The molecular weight excluding hydrogens is 502 g/mol. The van der Waals surface area contributed by atoms with Gasteiger partial charge < -0.3 is 10.4 Å². The van der Waals surface area contributed by atoms with E-state index in [1.165, 1.54) is 5.56 Å². The molecule has 0 bridgehead atoms. The lowest BCUT2D eigenvalue weighted by Crippen LogP contribution is -2.26.